The zero-order valence-electron chi connectivity index (χ0n) is 17.7. The van der Waals surface area contributed by atoms with Gasteiger partial charge in [0.25, 0.3) is 11.4 Å². The molecule has 4 aromatic carbocycles. The molecule has 0 aromatic heterocycles. The lowest BCUT2D eigenvalue weighted by Gasteiger charge is -2.04. The van der Waals surface area contributed by atoms with Gasteiger partial charge in [-0.15, -0.1) is 0 Å². The van der Waals surface area contributed by atoms with Gasteiger partial charge < -0.3 is 0 Å². The predicted octanol–water partition coefficient (Wildman–Crippen LogP) is 7.49. The summed E-state index contributed by atoms with van der Waals surface area (Å²) < 4.78 is 0. The molecule has 34 heavy (non-hydrogen) atoms. The fourth-order valence-corrected chi connectivity index (χ4v) is 3.96. The van der Waals surface area contributed by atoms with Crippen LogP contribution in [0.3, 0.4) is 0 Å². The van der Waals surface area contributed by atoms with E-state index in [1.54, 1.807) is 24.3 Å². The highest BCUT2D eigenvalue weighted by atomic mass is 16.6. The van der Waals surface area contributed by atoms with Crippen molar-refractivity contribution in [3.05, 3.63) is 128 Å². The summed E-state index contributed by atoms with van der Waals surface area (Å²) in [5.74, 6) is 0. The molecule has 0 saturated carbocycles. The average Bonchev–Trinajstić information content (AvgIpc) is 3.16. The number of hydrogen-bond acceptors (Lipinski definition) is 6. The van der Waals surface area contributed by atoms with Crippen LogP contribution in [-0.4, -0.2) is 9.85 Å². The Balaban J connectivity index is 1.52. The van der Waals surface area contributed by atoms with Crippen LogP contribution in [-0.2, 0) is 0 Å². The topological polar surface area (TPSA) is 111 Å². The lowest BCUT2D eigenvalue weighted by atomic mass is 10.0. The number of nitro benzene ring substituents is 2. The highest BCUT2D eigenvalue weighted by molar-refractivity contribution is 6.07. The fourth-order valence-electron chi connectivity index (χ4n) is 3.96. The Hall–Kier alpha value is -4.98. The van der Waals surface area contributed by atoms with Gasteiger partial charge in [-0.25, -0.2) is 0 Å². The molecule has 164 valence electrons. The number of non-ortho nitro benzene ring substituents is 2. The SMILES string of the molecule is O=[N+]([O-])c1ccc(N=Nc2ccc3c(c2)-c2ccccc2/C3=C\c2cccc([N+](=O)[O-])c2)cc1. The molecule has 0 amide bonds. The first-order chi connectivity index (χ1) is 16.5. The van der Waals surface area contributed by atoms with Crippen LogP contribution < -0.4 is 0 Å². The standard InChI is InChI=1S/C26H16N4O4/c31-29(32)20-11-8-18(9-12-20)27-28-19-10-13-24-25(15-17-4-3-5-21(14-17)30(33)34)22-6-1-2-7-23(22)26(24)16-19/h1-16H/b25-15+,28-27?. The Morgan fingerprint density at radius 2 is 1.24 bits per heavy atom. The lowest BCUT2D eigenvalue weighted by Crippen LogP contribution is -1.88. The molecule has 0 bridgehead atoms. The third-order valence-electron chi connectivity index (χ3n) is 5.53. The van der Waals surface area contributed by atoms with E-state index in [9.17, 15) is 20.2 Å². The van der Waals surface area contributed by atoms with Crippen molar-refractivity contribution in [1.82, 2.24) is 0 Å². The number of benzene rings is 4. The van der Waals surface area contributed by atoms with Crippen LogP contribution in [0.4, 0.5) is 22.7 Å². The van der Waals surface area contributed by atoms with Crippen LogP contribution in [0, 0.1) is 20.2 Å². The maximum atomic E-state index is 11.2. The molecular formula is C26H16N4O4. The van der Waals surface area contributed by atoms with E-state index in [0.717, 1.165) is 33.4 Å². The molecule has 8 heteroatoms. The van der Waals surface area contributed by atoms with Crippen molar-refractivity contribution in [3.8, 4) is 11.1 Å². The maximum absolute atomic E-state index is 11.2. The molecule has 0 aliphatic heterocycles. The van der Waals surface area contributed by atoms with E-state index in [0.29, 0.717) is 11.4 Å². The minimum Gasteiger partial charge on any atom is -0.258 e. The molecule has 0 saturated heterocycles. The van der Waals surface area contributed by atoms with Gasteiger partial charge in [-0.05, 0) is 63.7 Å². The van der Waals surface area contributed by atoms with Crippen LogP contribution >= 0.6 is 0 Å². The molecule has 5 rings (SSSR count). The number of azo groups is 1. The first-order valence-corrected chi connectivity index (χ1v) is 10.4. The van der Waals surface area contributed by atoms with Gasteiger partial charge in [0.15, 0.2) is 0 Å². The second-order valence-electron chi connectivity index (χ2n) is 7.66. The second-order valence-corrected chi connectivity index (χ2v) is 7.66. The molecule has 1 aliphatic carbocycles. The van der Waals surface area contributed by atoms with Crippen molar-refractivity contribution in [2.45, 2.75) is 0 Å². The summed E-state index contributed by atoms with van der Waals surface area (Å²) in [6.45, 7) is 0. The van der Waals surface area contributed by atoms with Gasteiger partial charge in [0.2, 0.25) is 0 Å². The predicted molar refractivity (Wildman–Crippen MR) is 129 cm³/mol. The maximum Gasteiger partial charge on any atom is 0.270 e. The third kappa shape index (κ3) is 3.95. The van der Waals surface area contributed by atoms with Gasteiger partial charge in [0, 0.05) is 24.3 Å². The minimum atomic E-state index is -0.461. The van der Waals surface area contributed by atoms with E-state index < -0.39 is 9.85 Å². The van der Waals surface area contributed by atoms with Gasteiger partial charge >= 0.3 is 0 Å². The highest BCUT2D eigenvalue weighted by Gasteiger charge is 2.23. The third-order valence-corrected chi connectivity index (χ3v) is 5.53. The van der Waals surface area contributed by atoms with Crippen molar-refractivity contribution in [2.75, 3.05) is 0 Å². The van der Waals surface area contributed by atoms with E-state index in [-0.39, 0.29) is 11.4 Å². The summed E-state index contributed by atoms with van der Waals surface area (Å²) in [5, 5.41) is 30.5. The minimum absolute atomic E-state index is 0.00356. The lowest BCUT2D eigenvalue weighted by molar-refractivity contribution is -0.385. The highest BCUT2D eigenvalue weighted by Crippen LogP contribution is 2.46. The Morgan fingerprint density at radius 1 is 0.588 bits per heavy atom. The summed E-state index contributed by atoms with van der Waals surface area (Å²) in [6.07, 6.45) is 1.95. The van der Waals surface area contributed by atoms with E-state index >= 15 is 0 Å². The van der Waals surface area contributed by atoms with Gasteiger partial charge in [-0.2, -0.15) is 10.2 Å². The molecule has 4 aromatic rings. The van der Waals surface area contributed by atoms with Crippen molar-refractivity contribution in [1.29, 1.82) is 0 Å². The van der Waals surface area contributed by atoms with Gasteiger partial charge in [-0.1, -0.05) is 42.5 Å². The first-order valence-electron chi connectivity index (χ1n) is 10.4. The second kappa shape index (κ2) is 8.51. The summed E-state index contributed by atoms with van der Waals surface area (Å²) in [4.78, 5) is 21.1. The van der Waals surface area contributed by atoms with Crippen LogP contribution in [0.25, 0.3) is 22.8 Å². The number of fused-ring (bicyclic) bond motifs is 3. The first kappa shape index (κ1) is 20.9. The van der Waals surface area contributed by atoms with Gasteiger partial charge in [0.1, 0.15) is 0 Å². The van der Waals surface area contributed by atoms with Crippen LogP contribution in [0.5, 0.6) is 0 Å². The Labute approximate surface area is 193 Å². The largest absolute Gasteiger partial charge is 0.270 e. The van der Waals surface area contributed by atoms with E-state index in [2.05, 4.69) is 10.2 Å². The van der Waals surface area contributed by atoms with Crippen molar-refractivity contribution < 1.29 is 9.85 Å². The number of nitrogens with zero attached hydrogens (tertiary/aromatic N) is 4. The normalized spacial score (nSPS) is 13.1. The molecule has 0 spiro atoms. The summed E-state index contributed by atoms with van der Waals surface area (Å²) in [5.41, 5.74) is 6.99. The zero-order chi connectivity index (χ0) is 23.7. The van der Waals surface area contributed by atoms with Crippen molar-refractivity contribution in [2.24, 2.45) is 10.2 Å². The summed E-state index contributed by atoms with van der Waals surface area (Å²) in [7, 11) is 0. The number of nitro groups is 2. The van der Waals surface area contributed by atoms with Crippen LogP contribution in [0.2, 0.25) is 0 Å². The monoisotopic (exact) mass is 448 g/mol. The van der Waals surface area contributed by atoms with E-state index in [1.165, 1.54) is 18.2 Å². The summed E-state index contributed by atoms with van der Waals surface area (Å²) >= 11 is 0. The van der Waals surface area contributed by atoms with Gasteiger partial charge in [-0.3, -0.25) is 20.2 Å². The average molecular weight is 448 g/mol. The number of hydrogen-bond donors (Lipinski definition) is 0. The molecule has 0 N–H and O–H groups in total. The fraction of sp³-hybridized carbons (Fsp3) is 0. The molecule has 0 atom stereocenters. The molecular weight excluding hydrogens is 432 g/mol. The zero-order valence-corrected chi connectivity index (χ0v) is 17.7. The molecule has 0 radical (unpaired) electrons. The van der Waals surface area contributed by atoms with Crippen LogP contribution in [0.1, 0.15) is 16.7 Å². The van der Waals surface area contributed by atoms with E-state index in [4.69, 9.17) is 0 Å². The van der Waals surface area contributed by atoms with Crippen molar-refractivity contribution >= 4 is 34.4 Å². The van der Waals surface area contributed by atoms with Crippen LogP contribution in [0.15, 0.2) is 101 Å². The van der Waals surface area contributed by atoms with Gasteiger partial charge in [0.05, 0.1) is 21.2 Å². The Bertz CT molecular complexity index is 1510. The molecule has 8 nitrogen and oxygen atoms in total. The van der Waals surface area contributed by atoms with E-state index in [1.807, 2.05) is 54.6 Å². The summed E-state index contributed by atoms with van der Waals surface area (Å²) in [6, 6.07) is 26.1. The molecule has 1 aliphatic rings. The quantitative estimate of drug-likeness (QED) is 0.157. The van der Waals surface area contributed by atoms with Crippen molar-refractivity contribution in [3.63, 3.8) is 0 Å². The smallest absolute Gasteiger partial charge is 0.258 e. The Morgan fingerprint density at radius 3 is 1.97 bits per heavy atom. The Kier molecular flexibility index (Phi) is 5.23. The number of rotatable bonds is 5. The molecule has 0 fully saturated rings. The molecule has 0 heterocycles. The molecule has 0 unspecified atom stereocenters.